The van der Waals surface area contributed by atoms with Gasteiger partial charge >= 0.3 is 5.97 Å². The molecule has 182 valence electrons. The third-order valence-corrected chi connectivity index (χ3v) is 6.08. The van der Waals surface area contributed by atoms with E-state index in [-0.39, 0.29) is 12.8 Å². The van der Waals surface area contributed by atoms with Crippen LogP contribution in [0.25, 0.3) is 0 Å². The van der Waals surface area contributed by atoms with E-state index in [9.17, 15) is 4.79 Å². The van der Waals surface area contributed by atoms with Gasteiger partial charge in [0.05, 0.1) is 27.1 Å². The topological polar surface area (TPSA) is 35.5 Å². The maximum atomic E-state index is 12.2. The molecule has 0 unspecified atom stereocenters. The lowest BCUT2D eigenvalue weighted by Gasteiger charge is -2.29. The zero-order chi connectivity index (χ0) is 23.8. The number of hydrogen-bond donors (Lipinski definition) is 0. The normalized spacial score (nSPS) is 11.4. The standard InChI is InChI=1S/C29H44NO3/c1-4-5-6-7-8-9-10-14-19-27-20-15-16-21-28(27)32-25-33-29(31)22-23-30(2,3)24-26-17-12-11-13-18-26/h11-13,15-18,20-21H,4-10,14,19,22-25H2,1-3H3/q+1. The number of quaternary nitrogens is 1. The van der Waals surface area contributed by atoms with Gasteiger partial charge in [0.1, 0.15) is 12.3 Å². The second kappa shape index (κ2) is 15.5. The van der Waals surface area contributed by atoms with Gasteiger partial charge in [0.25, 0.3) is 0 Å². The van der Waals surface area contributed by atoms with Gasteiger partial charge in [-0.05, 0) is 24.5 Å². The smallest absolute Gasteiger partial charge is 0.314 e. The first-order valence-corrected chi connectivity index (χ1v) is 12.7. The predicted octanol–water partition coefficient (Wildman–Crippen LogP) is 6.92. The highest BCUT2D eigenvalue weighted by molar-refractivity contribution is 5.69. The molecule has 0 aliphatic heterocycles. The molecule has 0 aliphatic rings. The molecule has 0 N–H and O–H groups in total. The van der Waals surface area contributed by atoms with Crippen molar-refractivity contribution in [3.05, 3.63) is 65.7 Å². The van der Waals surface area contributed by atoms with Gasteiger partial charge in [0.2, 0.25) is 6.79 Å². The maximum Gasteiger partial charge on any atom is 0.314 e. The zero-order valence-electron chi connectivity index (χ0n) is 21.1. The van der Waals surface area contributed by atoms with Crippen molar-refractivity contribution in [2.75, 3.05) is 27.4 Å². The molecule has 0 radical (unpaired) electrons. The van der Waals surface area contributed by atoms with E-state index in [0.29, 0.717) is 6.42 Å². The fourth-order valence-corrected chi connectivity index (χ4v) is 4.08. The fraction of sp³-hybridized carbons (Fsp3) is 0.552. The van der Waals surface area contributed by atoms with Gasteiger partial charge in [0.15, 0.2) is 0 Å². The number of para-hydroxylation sites is 1. The molecule has 4 nitrogen and oxygen atoms in total. The van der Waals surface area contributed by atoms with Gasteiger partial charge in [0, 0.05) is 5.56 Å². The summed E-state index contributed by atoms with van der Waals surface area (Å²) in [4.78, 5) is 12.2. The molecule has 4 heteroatoms. The molecular formula is C29H44NO3+. The average molecular weight is 455 g/mol. The van der Waals surface area contributed by atoms with E-state index in [1.54, 1.807) is 0 Å². The van der Waals surface area contributed by atoms with Crippen molar-refractivity contribution in [2.45, 2.75) is 77.7 Å². The van der Waals surface area contributed by atoms with Crippen LogP contribution < -0.4 is 4.74 Å². The van der Waals surface area contributed by atoms with Crippen LogP contribution in [-0.4, -0.2) is 37.9 Å². The Morgan fingerprint density at radius 2 is 1.45 bits per heavy atom. The van der Waals surface area contributed by atoms with Crippen LogP contribution in [0.1, 0.15) is 75.8 Å². The average Bonchev–Trinajstić information content (AvgIpc) is 2.81. The molecule has 33 heavy (non-hydrogen) atoms. The minimum Gasteiger partial charge on any atom is -0.457 e. The van der Waals surface area contributed by atoms with E-state index >= 15 is 0 Å². The second-order valence-electron chi connectivity index (χ2n) is 9.66. The maximum absolute atomic E-state index is 12.2. The number of aryl methyl sites for hydroxylation is 1. The highest BCUT2D eigenvalue weighted by Gasteiger charge is 2.18. The highest BCUT2D eigenvalue weighted by atomic mass is 16.7. The molecule has 0 bridgehead atoms. The molecule has 0 atom stereocenters. The Hall–Kier alpha value is -2.33. The van der Waals surface area contributed by atoms with Crippen molar-refractivity contribution in [1.82, 2.24) is 0 Å². The third-order valence-electron chi connectivity index (χ3n) is 6.08. The van der Waals surface area contributed by atoms with Crippen LogP contribution in [-0.2, 0) is 22.5 Å². The molecule has 0 fully saturated rings. The summed E-state index contributed by atoms with van der Waals surface area (Å²) in [6.07, 6.45) is 11.9. The first kappa shape index (κ1) is 26.9. The molecule has 0 saturated heterocycles. The van der Waals surface area contributed by atoms with Crippen molar-refractivity contribution < 1.29 is 18.8 Å². The minimum absolute atomic E-state index is 0.0284. The lowest BCUT2D eigenvalue weighted by atomic mass is 10.0. The Labute approximate surface area is 201 Å². The minimum atomic E-state index is -0.213. The molecule has 0 amide bonds. The van der Waals surface area contributed by atoms with E-state index < -0.39 is 0 Å². The molecule has 0 spiro atoms. The number of nitrogens with zero attached hydrogens (tertiary/aromatic N) is 1. The van der Waals surface area contributed by atoms with Crippen molar-refractivity contribution in [1.29, 1.82) is 0 Å². The van der Waals surface area contributed by atoms with Gasteiger partial charge in [-0.15, -0.1) is 0 Å². The Kier molecular flexibility index (Phi) is 12.6. The first-order valence-electron chi connectivity index (χ1n) is 12.7. The monoisotopic (exact) mass is 454 g/mol. The van der Waals surface area contributed by atoms with Gasteiger partial charge in [-0.25, -0.2) is 0 Å². The molecule has 2 aromatic rings. The van der Waals surface area contributed by atoms with Crippen molar-refractivity contribution in [3.8, 4) is 5.75 Å². The van der Waals surface area contributed by atoms with Crippen molar-refractivity contribution in [2.24, 2.45) is 0 Å². The molecule has 2 aromatic carbocycles. The number of carbonyl (C=O) groups is 1. The van der Waals surface area contributed by atoms with E-state index in [0.717, 1.165) is 29.7 Å². The molecular weight excluding hydrogens is 410 g/mol. The summed E-state index contributed by atoms with van der Waals surface area (Å²) in [6, 6.07) is 18.5. The fourth-order valence-electron chi connectivity index (χ4n) is 4.08. The van der Waals surface area contributed by atoms with Crippen molar-refractivity contribution >= 4 is 5.97 Å². The Bertz CT molecular complexity index is 788. The molecule has 0 aliphatic carbocycles. The number of rotatable bonds is 17. The summed E-state index contributed by atoms with van der Waals surface area (Å²) in [5.74, 6) is 0.614. The quantitative estimate of drug-likeness (QED) is 0.113. The summed E-state index contributed by atoms with van der Waals surface area (Å²) in [5, 5.41) is 0. The van der Waals surface area contributed by atoms with Crippen LogP contribution in [0.3, 0.4) is 0 Å². The Morgan fingerprint density at radius 3 is 2.18 bits per heavy atom. The molecule has 2 rings (SSSR count). The summed E-state index contributed by atoms with van der Waals surface area (Å²) < 4.78 is 11.9. The SMILES string of the molecule is CCCCCCCCCCc1ccccc1OCOC(=O)CC[N+](C)(C)Cc1ccccc1. The van der Waals surface area contributed by atoms with Gasteiger partial charge in [-0.3, -0.25) is 4.79 Å². The van der Waals surface area contributed by atoms with Gasteiger partial charge < -0.3 is 14.0 Å². The summed E-state index contributed by atoms with van der Waals surface area (Å²) in [6.45, 7) is 3.84. The number of esters is 1. The lowest BCUT2D eigenvalue weighted by Crippen LogP contribution is -2.40. The van der Waals surface area contributed by atoms with Crippen molar-refractivity contribution in [3.63, 3.8) is 0 Å². The number of carbonyl (C=O) groups excluding carboxylic acids is 1. The second-order valence-corrected chi connectivity index (χ2v) is 9.66. The van der Waals surface area contributed by atoms with E-state index in [1.165, 1.54) is 62.5 Å². The molecule has 0 saturated carbocycles. The third kappa shape index (κ3) is 11.9. The van der Waals surface area contributed by atoms with Crippen LogP contribution in [0, 0.1) is 0 Å². The lowest BCUT2D eigenvalue weighted by molar-refractivity contribution is -0.903. The Balaban J connectivity index is 1.64. The predicted molar refractivity (Wildman–Crippen MR) is 136 cm³/mol. The molecule has 0 aromatic heterocycles. The summed E-state index contributed by atoms with van der Waals surface area (Å²) >= 11 is 0. The number of ether oxygens (including phenoxy) is 2. The van der Waals surface area contributed by atoms with Gasteiger partial charge in [-0.1, -0.05) is 100 Å². The van der Waals surface area contributed by atoms with E-state index in [1.807, 2.05) is 36.4 Å². The summed E-state index contributed by atoms with van der Waals surface area (Å²) in [7, 11) is 4.27. The zero-order valence-corrected chi connectivity index (χ0v) is 21.1. The van der Waals surface area contributed by atoms with Gasteiger partial charge in [-0.2, -0.15) is 0 Å². The van der Waals surface area contributed by atoms with Crippen LogP contribution in [0.15, 0.2) is 54.6 Å². The number of hydrogen-bond acceptors (Lipinski definition) is 3. The van der Waals surface area contributed by atoms with E-state index in [2.05, 4.69) is 39.2 Å². The number of benzene rings is 2. The van der Waals surface area contributed by atoms with Crippen LogP contribution in [0.5, 0.6) is 5.75 Å². The largest absolute Gasteiger partial charge is 0.457 e. The van der Waals surface area contributed by atoms with Crippen LogP contribution in [0.4, 0.5) is 0 Å². The van der Waals surface area contributed by atoms with Crippen LogP contribution >= 0.6 is 0 Å². The van der Waals surface area contributed by atoms with Crippen LogP contribution in [0.2, 0.25) is 0 Å². The summed E-state index contributed by atoms with van der Waals surface area (Å²) in [5.41, 5.74) is 2.47. The number of unbranched alkanes of at least 4 members (excludes halogenated alkanes) is 7. The first-order chi connectivity index (χ1) is 16.0. The Morgan fingerprint density at radius 1 is 0.818 bits per heavy atom. The molecule has 0 heterocycles. The highest BCUT2D eigenvalue weighted by Crippen LogP contribution is 2.21. The van der Waals surface area contributed by atoms with E-state index in [4.69, 9.17) is 9.47 Å².